The van der Waals surface area contributed by atoms with Gasteiger partial charge in [-0.05, 0) is 12.5 Å². The van der Waals surface area contributed by atoms with Crippen LogP contribution in [-0.2, 0) is 4.79 Å². The maximum atomic E-state index is 13.8. The van der Waals surface area contributed by atoms with E-state index in [1.165, 1.54) is 12.1 Å². The fourth-order valence-corrected chi connectivity index (χ4v) is 1.80. The van der Waals surface area contributed by atoms with Gasteiger partial charge in [-0.2, -0.15) is 0 Å². The minimum Gasteiger partial charge on any atom is -0.486 e. The number of rotatable bonds is 4. The Bertz CT molecular complexity index is 464. The van der Waals surface area contributed by atoms with Crippen LogP contribution in [0.15, 0.2) is 12.1 Å². The van der Waals surface area contributed by atoms with Crippen molar-refractivity contribution in [1.82, 2.24) is 0 Å². The number of carboxylic acid groups (broad SMARTS) is 1. The highest BCUT2D eigenvalue weighted by molar-refractivity contribution is 5.66. The van der Waals surface area contributed by atoms with Gasteiger partial charge in [0.2, 0.25) is 0 Å². The second-order valence-electron chi connectivity index (χ2n) is 4.06. The lowest BCUT2D eigenvalue weighted by Crippen LogP contribution is -2.18. The minimum absolute atomic E-state index is 0.102. The van der Waals surface area contributed by atoms with Crippen molar-refractivity contribution in [3.8, 4) is 11.5 Å². The highest BCUT2D eigenvalue weighted by Gasteiger charge is 2.19. The number of carbonyl (C=O) groups is 1. The first kappa shape index (κ1) is 12.6. The molecule has 0 spiro atoms. The molecule has 1 aromatic carbocycles. The van der Waals surface area contributed by atoms with E-state index in [4.69, 9.17) is 20.3 Å². The predicted octanol–water partition coefficient (Wildman–Crippen LogP) is 1.46. The fraction of sp³-hybridized carbons (Fsp3) is 0.417. The molecule has 2 rings (SSSR count). The van der Waals surface area contributed by atoms with Gasteiger partial charge in [0.1, 0.15) is 19.0 Å². The number of nitrogens with two attached hydrogens (primary N) is 1. The maximum Gasteiger partial charge on any atom is 0.303 e. The van der Waals surface area contributed by atoms with E-state index in [1.54, 1.807) is 0 Å². The molecular weight excluding hydrogens is 241 g/mol. The molecule has 1 aliphatic heterocycles. The standard InChI is InChI=1S/C12H14FNO4/c13-8-6-11-10(17-3-4-18-11)5-7(8)9(14)1-2-12(15)16/h5-6,9H,1-4,14H2,(H,15,16). The van der Waals surface area contributed by atoms with Gasteiger partial charge in [-0.3, -0.25) is 4.79 Å². The third kappa shape index (κ3) is 2.70. The van der Waals surface area contributed by atoms with E-state index in [1.807, 2.05) is 0 Å². The number of ether oxygens (including phenoxy) is 2. The quantitative estimate of drug-likeness (QED) is 0.851. The van der Waals surface area contributed by atoms with Gasteiger partial charge in [0, 0.05) is 24.1 Å². The van der Waals surface area contributed by atoms with Gasteiger partial charge in [-0.15, -0.1) is 0 Å². The summed E-state index contributed by atoms with van der Waals surface area (Å²) in [4.78, 5) is 10.5. The first-order valence-corrected chi connectivity index (χ1v) is 5.64. The summed E-state index contributed by atoms with van der Waals surface area (Å²) in [6.07, 6.45) is 0.0704. The highest BCUT2D eigenvalue weighted by Crippen LogP contribution is 2.35. The third-order valence-electron chi connectivity index (χ3n) is 2.73. The molecule has 0 fully saturated rings. The number of hydrogen-bond donors (Lipinski definition) is 2. The Labute approximate surface area is 103 Å². The number of aliphatic carboxylic acids is 1. The molecule has 98 valence electrons. The van der Waals surface area contributed by atoms with Crippen molar-refractivity contribution < 1.29 is 23.8 Å². The molecule has 1 heterocycles. The molecule has 6 heteroatoms. The topological polar surface area (TPSA) is 81.8 Å². The summed E-state index contributed by atoms with van der Waals surface area (Å²) in [7, 11) is 0. The van der Waals surface area contributed by atoms with Crippen LogP contribution in [0, 0.1) is 5.82 Å². The summed E-state index contributed by atoms with van der Waals surface area (Å²) in [6.45, 7) is 0.791. The third-order valence-corrected chi connectivity index (χ3v) is 2.73. The Balaban J connectivity index is 2.19. The number of halogens is 1. The van der Waals surface area contributed by atoms with Crippen molar-refractivity contribution in [2.75, 3.05) is 13.2 Å². The summed E-state index contributed by atoms with van der Waals surface area (Å²) in [6, 6.07) is 2.04. The number of benzene rings is 1. The smallest absolute Gasteiger partial charge is 0.303 e. The molecule has 3 N–H and O–H groups in total. The zero-order valence-corrected chi connectivity index (χ0v) is 9.69. The fourth-order valence-electron chi connectivity index (χ4n) is 1.80. The van der Waals surface area contributed by atoms with Crippen LogP contribution in [0.4, 0.5) is 4.39 Å². The van der Waals surface area contributed by atoms with E-state index >= 15 is 0 Å². The average molecular weight is 255 g/mol. The van der Waals surface area contributed by atoms with Crippen LogP contribution in [0.5, 0.6) is 11.5 Å². The van der Waals surface area contributed by atoms with E-state index in [0.29, 0.717) is 24.7 Å². The SMILES string of the molecule is NC(CCC(=O)O)c1cc2c(cc1F)OCCO2. The van der Waals surface area contributed by atoms with Crippen molar-refractivity contribution in [2.45, 2.75) is 18.9 Å². The Morgan fingerprint density at radius 2 is 2.00 bits per heavy atom. The molecule has 0 saturated heterocycles. The van der Waals surface area contributed by atoms with E-state index in [-0.39, 0.29) is 18.4 Å². The van der Waals surface area contributed by atoms with Gasteiger partial charge in [0.25, 0.3) is 0 Å². The van der Waals surface area contributed by atoms with Crippen molar-refractivity contribution in [1.29, 1.82) is 0 Å². The molecule has 18 heavy (non-hydrogen) atoms. The van der Waals surface area contributed by atoms with Crippen molar-refractivity contribution in [2.24, 2.45) is 5.73 Å². The zero-order valence-electron chi connectivity index (χ0n) is 9.69. The van der Waals surface area contributed by atoms with E-state index in [2.05, 4.69) is 0 Å². The Morgan fingerprint density at radius 1 is 1.39 bits per heavy atom. The Kier molecular flexibility index (Phi) is 3.66. The van der Waals surface area contributed by atoms with E-state index in [0.717, 1.165) is 0 Å². The summed E-state index contributed by atoms with van der Waals surface area (Å²) in [5.74, 6) is -0.656. The average Bonchev–Trinajstić information content (AvgIpc) is 2.35. The van der Waals surface area contributed by atoms with E-state index < -0.39 is 17.8 Å². The molecule has 0 radical (unpaired) electrons. The molecule has 0 aromatic heterocycles. The number of carboxylic acids is 1. The summed E-state index contributed by atoms with van der Waals surface area (Å²) in [5, 5.41) is 8.58. The van der Waals surface area contributed by atoms with Crippen LogP contribution in [0.1, 0.15) is 24.4 Å². The highest BCUT2D eigenvalue weighted by atomic mass is 19.1. The minimum atomic E-state index is -0.955. The monoisotopic (exact) mass is 255 g/mol. The molecule has 0 aliphatic carbocycles. The van der Waals surface area contributed by atoms with Gasteiger partial charge in [0.05, 0.1) is 0 Å². The molecule has 1 atom stereocenters. The predicted molar refractivity (Wildman–Crippen MR) is 61.2 cm³/mol. The van der Waals surface area contributed by atoms with Crippen LogP contribution < -0.4 is 15.2 Å². The van der Waals surface area contributed by atoms with Crippen molar-refractivity contribution in [3.63, 3.8) is 0 Å². The first-order valence-electron chi connectivity index (χ1n) is 5.64. The lowest BCUT2D eigenvalue weighted by atomic mass is 10.0. The van der Waals surface area contributed by atoms with Crippen molar-refractivity contribution in [3.05, 3.63) is 23.5 Å². The van der Waals surface area contributed by atoms with Gasteiger partial charge in [0.15, 0.2) is 11.5 Å². The largest absolute Gasteiger partial charge is 0.486 e. The molecule has 1 unspecified atom stereocenters. The summed E-state index contributed by atoms with van der Waals surface area (Å²) < 4.78 is 24.4. The zero-order chi connectivity index (χ0) is 13.1. The van der Waals surface area contributed by atoms with Crippen molar-refractivity contribution >= 4 is 5.97 Å². The lowest BCUT2D eigenvalue weighted by molar-refractivity contribution is -0.137. The molecular formula is C12H14FNO4. The molecule has 1 aromatic rings. The second-order valence-corrected chi connectivity index (χ2v) is 4.06. The molecule has 0 amide bonds. The van der Waals surface area contributed by atoms with Gasteiger partial charge >= 0.3 is 5.97 Å². The van der Waals surface area contributed by atoms with Crippen LogP contribution in [0.3, 0.4) is 0 Å². The van der Waals surface area contributed by atoms with Crippen LogP contribution in [0.25, 0.3) is 0 Å². The second kappa shape index (κ2) is 5.22. The van der Waals surface area contributed by atoms with Crippen LogP contribution in [0.2, 0.25) is 0 Å². The number of fused-ring (bicyclic) bond motifs is 1. The lowest BCUT2D eigenvalue weighted by Gasteiger charge is -2.21. The van der Waals surface area contributed by atoms with Crippen LogP contribution in [-0.4, -0.2) is 24.3 Å². The molecule has 1 aliphatic rings. The molecule has 5 nitrogen and oxygen atoms in total. The summed E-state index contributed by atoms with van der Waals surface area (Å²) >= 11 is 0. The van der Waals surface area contributed by atoms with E-state index in [9.17, 15) is 9.18 Å². The number of hydrogen-bond acceptors (Lipinski definition) is 4. The molecule has 0 saturated carbocycles. The normalized spacial score (nSPS) is 15.2. The Hall–Kier alpha value is -1.82. The van der Waals surface area contributed by atoms with Gasteiger partial charge in [-0.25, -0.2) is 4.39 Å². The molecule has 0 bridgehead atoms. The van der Waals surface area contributed by atoms with Gasteiger partial charge < -0.3 is 20.3 Å². The maximum absolute atomic E-state index is 13.8. The van der Waals surface area contributed by atoms with Gasteiger partial charge in [-0.1, -0.05) is 0 Å². The first-order chi connectivity index (χ1) is 8.58. The van der Waals surface area contributed by atoms with Crippen LogP contribution >= 0.6 is 0 Å². The summed E-state index contributed by atoms with van der Waals surface area (Å²) in [5.41, 5.74) is 6.03. The Morgan fingerprint density at radius 3 is 2.61 bits per heavy atom.